The summed E-state index contributed by atoms with van der Waals surface area (Å²) in [5.41, 5.74) is 3.16. The SMILES string of the molecule is N#Cc1ccc(-c2ccccc2SC2(C(=O)O)CS[C@@H]3[C@H](NC(=O)Cc4ccccc4)C(=O)N3C2)cc1. The van der Waals surface area contributed by atoms with Gasteiger partial charge in [0.05, 0.1) is 18.1 Å². The Labute approximate surface area is 222 Å². The van der Waals surface area contributed by atoms with Crippen molar-refractivity contribution < 1.29 is 19.5 Å². The van der Waals surface area contributed by atoms with Gasteiger partial charge in [-0.05, 0) is 34.9 Å². The van der Waals surface area contributed by atoms with Crippen LogP contribution in [0.5, 0.6) is 0 Å². The molecule has 186 valence electrons. The number of carbonyl (C=O) groups excluding carboxylic acids is 2. The third-order valence-electron chi connectivity index (χ3n) is 6.49. The number of nitrogens with zero attached hydrogens (tertiary/aromatic N) is 2. The van der Waals surface area contributed by atoms with E-state index in [0.717, 1.165) is 21.6 Å². The topological polar surface area (TPSA) is 110 Å². The van der Waals surface area contributed by atoms with Gasteiger partial charge in [0.2, 0.25) is 11.8 Å². The lowest BCUT2D eigenvalue weighted by molar-refractivity contribution is -0.152. The fourth-order valence-electron chi connectivity index (χ4n) is 4.52. The molecule has 0 aromatic heterocycles. The molecule has 0 saturated carbocycles. The molecule has 0 radical (unpaired) electrons. The zero-order chi connectivity index (χ0) is 26.0. The summed E-state index contributed by atoms with van der Waals surface area (Å²) in [6.07, 6.45) is 0.184. The van der Waals surface area contributed by atoms with Crippen molar-refractivity contribution in [2.45, 2.75) is 27.5 Å². The van der Waals surface area contributed by atoms with Crippen molar-refractivity contribution in [1.82, 2.24) is 10.2 Å². The lowest BCUT2D eigenvalue weighted by atomic mass is 10.0. The molecular weight excluding hydrogens is 506 g/mol. The summed E-state index contributed by atoms with van der Waals surface area (Å²) in [6.45, 7) is 0.0518. The van der Waals surface area contributed by atoms with Gasteiger partial charge in [-0.2, -0.15) is 5.26 Å². The van der Waals surface area contributed by atoms with Crippen molar-refractivity contribution in [2.75, 3.05) is 12.3 Å². The number of amides is 2. The molecule has 2 N–H and O–H groups in total. The number of nitrogens with one attached hydrogen (secondary N) is 1. The monoisotopic (exact) mass is 529 g/mol. The fraction of sp³-hybridized carbons (Fsp3) is 0.214. The molecule has 0 spiro atoms. The van der Waals surface area contributed by atoms with E-state index in [-0.39, 0.29) is 35.9 Å². The van der Waals surface area contributed by atoms with Crippen LogP contribution in [0, 0.1) is 11.3 Å². The molecule has 3 aromatic rings. The van der Waals surface area contributed by atoms with Crippen molar-refractivity contribution in [2.24, 2.45) is 0 Å². The molecule has 1 unspecified atom stereocenters. The Morgan fingerprint density at radius 1 is 1.08 bits per heavy atom. The predicted molar refractivity (Wildman–Crippen MR) is 143 cm³/mol. The Balaban J connectivity index is 1.31. The van der Waals surface area contributed by atoms with E-state index in [2.05, 4.69) is 11.4 Å². The third kappa shape index (κ3) is 4.95. The average Bonchev–Trinajstić information content (AvgIpc) is 2.92. The Morgan fingerprint density at radius 2 is 1.78 bits per heavy atom. The highest BCUT2D eigenvalue weighted by atomic mass is 32.2. The molecule has 2 aliphatic heterocycles. The van der Waals surface area contributed by atoms with Gasteiger partial charge < -0.3 is 15.3 Å². The quantitative estimate of drug-likeness (QED) is 0.448. The lowest BCUT2D eigenvalue weighted by Crippen LogP contribution is -2.74. The molecule has 2 fully saturated rings. The highest BCUT2D eigenvalue weighted by Gasteiger charge is 2.58. The van der Waals surface area contributed by atoms with Crippen molar-refractivity contribution in [3.8, 4) is 17.2 Å². The Morgan fingerprint density at radius 3 is 2.49 bits per heavy atom. The summed E-state index contributed by atoms with van der Waals surface area (Å²) in [4.78, 5) is 40.4. The molecule has 7 nitrogen and oxygen atoms in total. The minimum absolute atomic E-state index is 0.0518. The van der Waals surface area contributed by atoms with E-state index < -0.39 is 16.8 Å². The van der Waals surface area contributed by atoms with E-state index in [1.807, 2.05) is 66.7 Å². The van der Waals surface area contributed by atoms with Crippen LogP contribution in [0.4, 0.5) is 0 Å². The van der Waals surface area contributed by atoms with Crippen LogP contribution in [0.15, 0.2) is 83.8 Å². The van der Waals surface area contributed by atoms with E-state index in [0.29, 0.717) is 5.56 Å². The maximum absolute atomic E-state index is 13.0. The Hall–Kier alpha value is -3.74. The first-order chi connectivity index (χ1) is 17.9. The second-order valence-corrected chi connectivity index (χ2v) is 11.5. The van der Waals surface area contributed by atoms with Gasteiger partial charge in [-0.25, -0.2) is 0 Å². The number of thioether (sulfide) groups is 2. The van der Waals surface area contributed by atoms with Crippen LogP contribution >= 0.6 is 23.5 Å². The first-order valence-corrected chi connectivity index (χ1v) is 13.5. The van der Waals surface area contributed by atoms with Crippen LogP contribution in [0.1, 0.15) is 11.1 Å². The van der Waals surface area contributed by atoms with Gasteiger partial charge in [0, 0.05) is 17.2 Å². The van der Waals surface area contributed by atoms with Gasteiger partial charge in [0.25, 0.3) is 0 Å². The minimum atomic E-state index is -1.24. The van der Waals surface area contributed by atoms with Gasteiger partial charge in [0.15, 0.2) is 0 Å². The molecular formula is C28H23N3O4S2. The molecule has 37 heavy (non-hydrogen) atoms. The highest BCUT2D eigenvalue weighted by molar-refractivity contribution is 8.05. The second kappa shape index (κ2) is 10.3. The van der Waals surface area contributed by atoms with Crippen LogP contribution in [0.25, 0.3) is 11.1 Å². The normalized spacial score (nSPS) is 22.4. The molecule has 2 amide bonds. The molecule has 5 rings (SSSR count). The van der Waals surface area contributed by atoms with Gasteiger partial charge in [-0.1, -0.05) is 60.7 Å². The van der Waals surface area contributed by atoms with Crippen molar-refractivity contribution in [3.05, 3.63) is 90.0 Å². The molecule has 0 bridgehead atoms. The molecule has 9 heteroatoms. The zero-order valence-electron chi connectivity index (χ0n) is 19.7. The van der Waals surface area contributed by atoms with Gasteiger partial charge in [-0.3, -0.25) is 14.4 Å². The number of fused-ring (bicyclic) bond motifs is 1. The molecule has 2 aliphatic rings. The summed E-state index contributed by atoms with van der Waals surface area (Å²) in [7, 11) is 0. The average molecular weight is 530 g/mol. The van der Waals surface area contributed by atoms with Crippen molar-refractivity contribution in [1.29, 1.82) is 5.26 Å². The molecule has 0 aliphatic carbocycles. The van der Waals surface area contributed by atoms with Crippen molar-refractivity contribution in [3.63, 3.8) is 0 Å². The first kappa shape index (κ1) is 24.9. The molecule has 3 atom stereocenters. The molecule has 2 saturated heterocycles. The fourth-order valence-corrected chi connectivity index (χ4v) is 7.51. The Bertz CT molecular complexity index is 1390. The summed E-state index contributed by atoms with van der Waals surface area (Å²) in [5.74, 6) is -1.19. The Kier molecular flexibility index (Phi) is 6.96. The van der Waals surface area contributed by atoms with E-state index in [4.69, 9.17) is 5.26 Å². The highest BCUT2D eigenvalue weighted by Crippen LogP contribution is 2.48. The summed E-state index contributed by atoms with van der Waals surface area (Å²) in [6, 6.07) is 25.5. The number of carbonyl (C=O) groups is 3. The number of aliphatic carboxylic acids is 1. The van der Waals surface area contributed by atoms with E-state index in [1.54, 1.807) is 17.0 Å². The first-order valence-electron chi connectivity index (χ1n) is 11.7. The minimum Gasteiger partial charge on any atom is -0.480 e. The third-order valence-corrected chi connectivity index (χ3v) is 9.61. The van der Waals surface area contributed by atoms with E-state index in [1.165, 1.54) is 23.5 Å². The lowest BCUT2D eigenvalue weighted by Gasteiger charge is -2.53. The van der Waals surface area contributed by atoms with Crippen LogP contribution in [-0.4, -0.2) is 56.3 Å². The number of carboxylic acids is 1. The number of rotatable bonds is 7. The van der Waals surface area contributed by atoms with Gasteiger partial charge >= 0.3 is 5.97 Å². The second-order valence-electron chi connectivity index (χ2n) is 8.96. The zero-order valence-corrected chi connectivity index (χ0v) is 21.3. The van der Waals surface area contributed by atoms with Crippen LogP contribution in [0.3, 0.4) is 0 Å². The summed E-state index contributed by atoms with van der Waals surface area (Å²) >= 11 is 2.63. The largest absolute Gasteiger partial charge is 0.480 e. The van der Waals surface area contributed by atoms with Crippen LogP contribution < -0.4 is 5.32 Å². The maximum Gasteiger partial charge on any atom is 0.322 e. The number of benzene rings is 3. The molecule has 3 aromatic carbocycles. The van der Waals surface area contributed by atoms with Crippen LogP contribution in [-0.2, 0) is 20.8 Å². The summed E-state index contributed by atoms with van der Waals surface area (Å²) in [5, 5.41) is 21.9. The molecule has 2 heterocycles. The van der Waals surface area contributed by atoms with Crippen molar-refractivity contribution >= 4 is 41.3 Å². The van der Waals surface area contributed by atoms with Gasteiger partial charge in [0.1, 0.15) is 16.2 Å². The standard InChI is InChI=1S/C28H23N3O4S2/c29-15-19-10-12-20(13-11-19)21-8-4-5-9-22(21)37-28(27(34)35)16-31-25(33)24(26(31)36-17-28)30-23(32)14-18-6-2-1-3-7-18/h1-13,24,26H,14,16-17H2,(H,30,32)(H,34,35)/t24-,26-,28?/m1/s1. The number of hydrogen-bond acceptors (Lipinski definition) is 6. The number of carboxylic acid groups (broad SMARTS) is 1. The van der Waals surface area contributed by atoms with Crippen LogP contribution in [0.2, 0.25) is 0 Å². The number of hydrogen-bond donors (Lipinski definition) is 2. The number of nitriles is 1. The summed E-state index contributed by atoms with van der Waals surface area (Å²) < 4.78 is -1.24. The smallest absolute Gasteiger partial charge is 0.322 e. The van der Waals surface area contributed by atoms with Gasteiger partial charge in [-0.15, -0.1) is 23.5 Å². The van der Waals surface area contributed by atoms with E-state index >= 15 is 0 Å². The maximum atomic E-state index is 13.0. The van der Waals surface area contributed by atoms with E-state index in [9.17, 15) is 19.5 Å². The number of β-lactam (4-membered cyclic amide) rings is 1. The predicted octanol–water partition coefficient (Wildman–Crippen LogP) is 3.78.